The van der Waals surface area contributed by atoms with Crippen LogP contribution in [0.1, 0.15) is 66.8 Å². The molecule has 4 aromatic carbocycles. The van der Waals surface area contributed by atoms with Gasteiger partial charge in [-0.05, 0) is 72.3 Å². The minimum atomic E-state index is -0.131. The highest BCUT2D eigenvalue weighted by Crippen LogP contribution is 2.42. The van der Waals surface area contributed by atoms with E-state index >= 15 is 0 Å². The maximum absolute atomic E-state index is 13.1. The van der Waals surface area contributed by atoms with Crippen LogP contribution in [0.3, 0.4) is 0 Å². The van der Waals surface area contributed by atoms with Crippen molar-refractivity contribution >= 4 is 5.97 Å². The summed E-state index contributed by atoms with van der Waals surface area (Å²) >= 11 is 0. The Labute approximate surface area is 266 Å². The fourth-order valence-electron chi connectivity index (χ4n) is 6.63. The van der Waals surface area contributed by atoms with Crippen molar-refractivity contribution in [2.24, 2.45) is 0 Å². The molecule has 0 N–H and O–H groups in total. The first-order valence-electron chi connectivity index (χ1n) is 16.2. The van der Waals surface area contributed by atoms with Crippen LogP contribution < -0.4 is 14.2 Å². The van der Waals surface area contributed by atoms with Gasteiger partial charge in [-0.15, -0.1) is 0 Å². The average Bonchev–Trinajstić information content (AvgIpc) is 3.10. The third-order valence-electron chi connectivity index (χ3n) is 8.99. The second-order valence-corrected chi connectivity index (χ2v) is 12.1. The van der Waals surface area contributed by atoms with E-state index in [1.54, 1.807) is 7.11 Å². The molecule has 2 saturated heterocycles. The number of hydrogen-bond acceptors (Lipinski definition) is 6. The quantitative estimate of drug-likeness (QED) is 0.152. The fraction of sp³-hybridized carbons (Fsp3) is 0.359. The van der Waals surface area contributed by atoms with Gasteiger partial charge in [0.05, 0.1) is 7.11 Å². The Morgan fingerprint density at radius 2 is 1.47 bits per heavy atom. The van der Waals surface area contributed by atoms with E-state index in [0.29, 0.717) is 32.1 Å². The zero-order valence-corrected chi connectivity index (χ0v) is 26.1. The fourth-order valence-corrected chi connectivity index (χ4v) is 6.63. The van der Waals surface area contributed by atoms with Gasteiger partial charge in [0, 0.05) is 31.3 Å². The zero-order chi connectivity index (χ0) is 30.8. The Hall–Kier alpha value is -4.29. The molecule has 4 aromatic rings. The van der Waals surface area contributed by atoms with Crippen molar-refractivity contribution in [3.8, 4) is 17.2 Å². The van der Waals surface area contributed by atoms with Crippen molar-refractivity contribution in [1.82, 2.24) is 4.90 Å². The van der Waals surface area contributed by atoms with E-state index in [9.17, 15) is 4.79 Å². The predicted octanol–water partition coefficient (Wildman–Crippen LogP) is 8.09. The van der Waals surface area contributed by atoms with Crippen molar-refractivity contribution in [2.75, 3.05) is 13.7 Å². The molecular formula is C39H43NO5. The molecule has 3 atom stereocenters. The number of carbonyl (C=O) groups is 1. The van der Waals surface area contributed by atoms with E-state index in [0.717, 1.165) is 59.7 Å². The number of rotatable bonds is 12. The maximum atomic E-state index is 13.1. The van der Waals surface area contributed by atoms with Crippen molar-refractivity contribution in [2.45, 2.75) is 76.3 Å². The third-order valence-corrected chi connectivity index (χ3v) is 8.99. The van der Waals surface area contributed by atoms with Gasteiger partial charge < -0.3 is 18.9 Å². The molecule has 6 heteroatoms. The van der Waals surface area contributed by atoms with Gasteiger partial charge in [-0.1, -0.05) is 85.3 Å². The SMILES string of the molecule is COc1ccc([C@@H]2C[C@@H](OC(=O)CCc3ccc(OCc4ccccc4)cc3)C[C@@H]3CCCCN32)cc1OCc1ccccc1. The Morgan fingerprint density at radius 3 is 2.18 bits per heavy atom. The van der Waals surface area contributed by atoms with Crippen molar-refractivity contribution in [3.05, 3.63) is 125 Å². The number of nitrogens with zero attached hydrogens (tertiary/aromatic N) is 1. The molecule has 2 heterocycles. The highest BCUT2D eigenvalue weighted by atomic mass is 16.5. The van der Waals surface area contributed by atoms with Crippen LogP contribution in [0.2, 0.25) is 0 Å². The lowest BCUT2D eigenvalue weighted by molar-refractivity contribution is -0.154. The van der Waals surface area contributed by atoms with Gasteiger partial charge in [-0.2, -0.15) is 0 Å². The second kappa shape index (κ2) is 15.1. The van der Waals surface area contributed by atoms with Crippen LogP contribution in [-0.2, 0) is 29.2 Å². The molecule has 0 aromatic heterocycles. The number of piperidine rings is 2. The minimum absolute atomic E-state index is 0.105. The van der Waals surface area contributed by atoms with Crippen molar-refractivity contribution in [1.29, 1.82) is 0 Å². The molecular weight excluding hydrogens is 562 g/mol. The number of benzene rings is 4. The van der Waals surface area contributed by atoms with Gasteiger partial charge >= 0.3 is 5.97 Å². The normalized spacial score (nSPS) is 19.7. The summed E-state index contributed by atoms with van der Waals surface area (Å²) in [7, 11) is 1.68. The lowest BCUT2D eigenvalue weighted by atomic mass is 9.84. The monoisotopic (exact) mass is 605 g/mol. The molecule has 0 unspecified atom stereocenters. The molecule has 6 nitrogen and oxygen atoms in total. The first-order chi connectivity index (χ1) is 22.1. The number of carbonyl (C=O) groups excluding carboxylic acids is 1. The summed E-state index contributed by atoms with van der Waals surface area (Å²) in [4.78, 5) is 15.7. The van der Waals surface area contributed by atoms with E-state index in [2.05, 4.69) is 41.3 Å². The molecule has 234 valence electrons. The number of hydrogen-bond donors (Lipinski definition) is 0. The van der Waals surface area contributed by atoms with Gasteiger partial charge in [0.25, 0.3) is 0 Å². The third kappa shape index (κ3) is 8.25. The summed E-state index contributed by atoms with van der Waals surface area (Å²) < 4.78 is 24.0. The maximum Gasteiger partial charge on any atom is 0.306 e. The lowest BCUT2D eigenvalue weighted by Crippen LogP contribution is -2.49. The zero-order valence-electron chi connectivity index (χ0n) is 26.1. The Bertz CT molecular complexity index is 1510. The topological polar surface area (TPSA) is 57.2 Å². The Kier molecular flexibility index (Phi) is 10.3. The first-order valence-corrected chi connectivity index (χ1v) is 16.2. The summed E-state index contributed by atoms with van der Waals surface area (Å²) in [5.74, 6) is 2.15. The highest BCUT2D eigenvalue weighted by molar-refractivity contribution is 5.70. The number of aryl methyl sites for hydroxylation is 1. The molecule has 45 heavy (non-hydrogen) atoms. The van der Waals surface area contributed by atoms with Gasteiger partial charge in [0.2, 0.25) is 0 Å². The molecule has 0 bridgehead atoms. The molecule has 0 saturated carbocycles. The van der Waals surface area contributed by atoms with Gasteiger partial charge in [-0.3, -0.25) is 9.69 Å². The number of ether oxygens (including phenoxy) is 4. The van der Waals surface area contributed by atoms with Crippen molar-refractivity contribution in [3.63, 3.8) is 0 Å². The molecule has 2 aliphatic rings. The van der Waals surface area contributed by atoms with Crippen LogP contribution in [-0.4, -0.2) is 36.7 Å². The number of fused-ring (bicyclic) bond motifs is 1. The standard InChI is InChI=1S/C39H43NO5/c1-42-37-21-18-32(24-38(37)44-28-31-12-6-3-7-13-31)36-26-35(25-33-14-8-9-23-40(33)36)45-39(41)22-17-29-15-19-34(20-16-29)43-27-30-10-4-2-5-11-30/h2-7,10-13,15-16,18-21,24,33,35-36H,8-9,14,17,22-23,25-28H2,1H3/t33-,35-,36-/m0/s1. The van der Waals surface area contributed by atoms with Gasteiger partial charge in [0.15, 0.2) is 11.5 Å². The molecule has 0 aliphatic carbocycles. The van der Waals surface area contributed by atoms with Crippen LogP contribution in [0.4, 0.5) is 0 Å². The number of methoxy groups -OCH3 is 1. The van der Waals surface area contributed by atoms with Crippen LogP contribution >= 0.6 is 0 Å². The van der Waals surface area contributed by atoms with Crippen LogP contribution in [0.5, 0.6) is 17.2 Å². The summed E-state index contributed by atoms with van der Waals surface area (Å²) in [6.45, 7) is 2.07. The van der Waals surface area contributed by atoms with Gasteiger partial charge in [-0.25, -0.2) is 0 Å². The minimum Gasteiger partial charge on any atom is -0.493 e. The number of esters is 1. The van der Waals surface area contributed by atoms with Crippen LogP contribution in [0, 0.1) is 0 Å². The molecule has 2 aliphatic heterocycles. The van der Waals surface area contributed by atoms with Crippen LogP contribution in [0.15, 0.2) is 103 Å². The first kappa shape index (κ1) is 30.7. The summed E-state index contributed by atoms with van der Waals surface area (Å²) in [5.41, 5.74) is 4.52. The molecule has 2 fully saturated rings. The molecule has 0 radical (unpaired) electrons. The lowest BCUT2D eigenvalue weighted by Gasteiger charge is -2.47. The molecule has 0 spiro atoms. The molecule has 0 amide bonds. The summed E-state index contributed by atoms with van der Waals surface area (Å²) in [5, 5.41) is 0. The van der Waals surface area contributed by atoms with E-state index in [1.807, 2.05) is 66.7 Å². The summed E-state index contributed by atoms with van der Waals surface area (Å²) in [6, 6.07) is 35.1. The van der Waals surface area contributed by atoms with Crippen molar-refractivity contribution < 1.29 is 23.7 Å². The largest absolute Gasteiger partial charge is 0.493 e. The Balaban J connectivity index is 1.06. The smallest absolute Gasteiger partial charge is 0.306 e. The van der Waals surface area contributed by atoms with E-state index in [1.165, 1.54) is 18.4 Å². The Morgan fingerprint density at radius 1 is 0.756 bits per heavy atom. The average molecular weight is 606 g/mol. The van der Waals surface area contributed by atoms with E-state index < -0.39 is 0 Å². The highest BCUT2D eigenvalue weighted by Gasteiger charge is 2.39. The van der Waals surface area contributed by atoms with E-state index in [4.69, 9.17) is 18.9 Å². The summed E-state index contributed by atoms with van der Waals surface area (Å²) in [6.07, 6.45) is 6.12. The van der Waals surface area contributed by atoms with E-state index in [-0.39, 0.29) is 18.1 Å². The van der Waals surface area contributed by atoms with Gasteiger partial charge in [0.1, 0.15) is 25.1 Å². The second-order valence-electron chi connectivity index (χ2n) is 12.1. The predicted molar refractivity (Wildman–Crippen MR) is 176 cm³/mol. The molecule has 6 rings (SSSR count). The van der Waals surface area contributed by atoms with Crippen LogP contribution in [0.25, 0.3) is 0 Å².